The van der Waals surface area contributed by atoms with Gasteiger partial charge in [-0.3, -0.25) is 9.69 Å². The van der Waals surface area contributed by atoms with Crippen LogP contribution in [0.3, 0.4) is 0 Å². The first-order valence-corrected chi connectivity index (χ1v) is 7.36. The number of hydrogen-bond donors (Lipinski definition) is 2. The monoisotopic (exact) mass is 304 g/mol. The van der Waals surface area contributed by atoms with Crippen molar-refractivity contribution >= 4 is 28.1 Å². The van der Waals surface area contributed by atoms with Crippen molar-refractivity contribution in [3.63, 3.8) is 0 Å². The van der Waals surface area contributed by atoms with E-state index in [9.17, 15) is 4.79 Å². The summed E-state index contributed by atoms with van der Waals surface area (Å²) in [4.78, 5) is 19.6. The van der Waals surface area contributed by atoms with E-state index in [-0.39, 0.29) is 5.91 Å². The lowest BCUT2D eigenvalue weighted by Gasteiger charge is -2.15. The van der Waals surface area contributed by atoms with Crippen LogP contribution in [0.1, 0.15) is 10.6 Å². The summed E-state index contributed by atoms with van der Waals surface area (Å²) in [6, 6.07) is 7.36. The molecule has 2 aromatic rings. The average Bonchev–Trinajstić information content (AvgIpc) is 2.95. The minimum absolute atomic E-state index is 0.0670. The van der Waals surface area contributed by atoms with E-state index in [1.807, 2.05) is 29.2 Å². The zero-order valence-electron chi connectivity index (χ0n) is 11.6. The Morgan fingerprint density at radius 3 is 3.05 bits per heavy atom. The Hall–Kier alpha value is -2.12. The van der Waals surface area contributed by atoms with Crippen molar-refractivity contribution < 1.29 is 9.53 Å². The van der Waals surface area contributed by atoms with Crippen LogP contribution in [0, 0.1) is 0 Å². The van der Waals surface area contributed by atoms with Gasteiger partial charge in [0.25, 0.3) is 0 Å². The maximum Gasteiger partial charge on any atom is 0.238 e. The number of aromatic nitrogens is 1. The third kappa shape index (κ3) is 2.98. The second kappa shape index (κ2) is 5.71. The SMILES string of the molecule is COc1ccccc1NC(=O)CN1Cc2nc(N)sc2C1. The summed E-state index contributed by atoms with van der Waals surface area (Å²) in [6.45, 7) is 1.72. The molecule has 7 heteroatoms. The zero-order chi connectivity index (χ0) is 14.8. The number of carbonyl (C=O) groups excluding carboxylic acids is 1. The van der Waals surface area contributed by atoms with E-state index in [0.29, 0.717) is 29.7 Å². The number of amides is 1. The van der Waals surface area contributed by atoms with Gasteiger partial charge in [-0.1, -0.05) is 12.1 Å². The smallest absolute Gasteiger partial charge is 0.238 e. The quantitative estimate of drug-likeness (QED) is 0.898. The van der Waals surface area contributed by atoms with Gasteiger partial charge in [-0.15, -0.1) is 11.3 Å². The van der Waals surface area contributed by atoms with Crippen molar-refractivity contribution in [1.82, 2.24) is 9.88 Å². The van der Waals surface area contributed by atoms with Gasteiger partial charge < -0.3 is 15.8 Å². The summed E-state index contributed by atoms with van der Waals surface area (Å²) in [7, 11) is 1.58. The molecule has 0 bridgehead atoms. The van der Waals surface area contributed by atoms with Gasteiger partial charge in [0, 0.05) is 18.0 Å². The van der Waals surface area contributed by atoms with Crippen molar-refractivity contribution in [3.05, 3.63) is 34.8 Å². The van der Waals surface area contributed by atoms with Crippen LogP contribution in [-0.4, -0.2) is 29.4 Å². The largest absolute Gasteiger partial charge is 0.495 e. The van der Waals surface area contributed by atoms with E-state index < -0.39 is 0 Å². The molecule has 0 saturated heterocycles. The Morgan fingerprint density at radius 1 is 1.48 bits per heavy atom. The molecule has 0 aliphatic carbocycles. The van der Waals surface area contributed by atoms with Crippen LogP contribution >= 0.6 is 11.3 Å². The van der Waals surface area contributed by atoms with Crippen LogP contribution in [0.25, 0.3) is 0 Å². The first-order valence-electron chi connectivity index (χ1n) is 6.55. The van der Waals surface area contributed by atoms with Crippen molar-refractivity contribution in [2.24, 2.45) is 0 Å². The van der Waals surface area contributed by atoms with Gasteiger partial charge in [0.15, 0.2) is 5.13 Å². The predicted molar refractivity (Wildman–Crippen MR) is 82.3 cm³/mol. The molecule has 1 aliphatic heterocycles. The Balaban J connectivity index is 1.59. The number of nitrogens with zero attached hydrogens (tertiary/aromatic N) is 2. The molecule has 6 nitrogen and oxygen atoms in total. The molecular weight excluding hydrogens is 288 g/mol. The number of nitrogen functional groups attached to an aromatic ring is 1. The topological polar surface area (TPSA) is 80.5 Å². The number of ether oxygens (including phenoxy) is 1. The summed E-state index contributed by atoms with van der Waals surface area (Å²) in [5.74, 6) is 0.587. The van der Waals surface area contributed by atoms with Crippen molar-refractivity contribution in [2.45, 2.75) is 13.1 Å². The van der Waals surface area contributed by atoms with E-state index in [2.05, 4.69) is 10.3 Å². The number of thiazole rings is 1. The summed E-state index contributed by atoms with van der Waals surface area (Å²) in [5, 5.41) is 3.47. The van der Waals surface area contributed by atoms with Gasteiger partial charge in [0.05, 0.1) is 25.0 Å². The number of nitrogens with two attached hydrogens (primary N) is 1. The lowest BCUT2D eigenvalue weighted by molar-refractivity contribution is -0.117. The highest BCUT2D eigenvalue weighted by molar-refractivity contribution is 7.15. The lowest BCUT2D eigenvalue weighted by atomic mass is 10.3. The molecule has 1 aliphatic rings. The molecule has 3 N–H and O–H groups in total. The van der Waals surface area contributed by atoms with Gasteiger partial charge >= 0.3 is 0 Å². The second-order valence-electron chi connectivity index (χ2n) is 4.82. The number of rotatable bonds is 4. The third-order valence-corrected chi connectivity index (χ3v) is 4.20. The number of anilines is 2. The molecule has 0 atom stereocenters. The Bertz CT molecular complexity index is 647. The molecule has 21 heavy (non-hydrogen) atoms. The fourth-order valence-corrected chi connectivity index (χ4v) is 3.26. The molecule has 0 spiro atoms. The van der Waals surface area contributed by atoms with E-state index >= 15 is 0 Å². The van der Waals surface area contributed by atoms with Crippen molar-refractivity contribution in [1.29, 1.82) is 0 Å². The van der Waals surface area contributed by atoms with Gasteiger partial charge in [-0.05, 0) is 12.1 Å². The summed E-state index contributed by atoms with van der Waals surface area (Å²) >= 11 is 1.49. The normalized spacial score (nSPS) is 14.0. The highest BCUT2D eigenvalue weighted by Crippen LogP contribution is 2.29. The molecule has 1 aromatic carbocycles. The summed E-state index contributed by atoms with van der Waals surface area (Å²) in [5.41, 5.74) is 7.34. The first-order chi connectivity index (χ1) is 10.2. The van der Waals surface area contributed by atoms with Crippen LogP contribution in [0.4, 0.5) is 10.8 Å². The minimum atomic E-state index is -0.0670. The van der Waals surface area contributed by atoms with E-state index in [0.717, 1.165) is 17.1 Å². The van der Waals surface area contributed by atoms with Crippen molar-refractivity contribution in [3.8, 4) is 5.75 Å². The molecule has 0 saturated carbocycles. The molecule has 1 aromatic heterocycles. The summed E-state index contributed by atoms with van der Waals surface area (Å²) < 4.78 is 5.22. The van der Waals surface area contributed by atoms with Crippen LogP contribution < -0.4 is 15.8 Å². The number of benzene rings is 1. The maximum absolute atomic E-state index is 12.1. The Kier molecular flexibility index (Phi) is 3.76. The fraction of sp³-hybridized carbons (Fsp3) is 0.286. The molecule has 0 fully saturated rings. The van der Waals surface area contributed by atoms with Gasteiger partial charge in [0.1, 0.15) is 5.75 Å². The number of hydrogen-bond acceptors (Lipinski definition) is 6. The van der Waals surface area contributed by atoms with E-state index in [4.69, 9.17) is 10.5 Å². The molecular formula is C14H16N4O2S. The molecule has 0 radical (unpaired) electrons. The molecule has 0 unspecified atom stereocenters. The van der Waals surface area contributed by atoms with Gasteiger partial charge in [-0.25, -0.2) is 4.98 Å². The van der Waals surface area contributed by atoms with Crippen LogP contribution in [0.5, 0.6) is 5.75 Å². The predicted octanol–water partition coefficient (Wildman–Crippen LogP) is 1.69. The number of fused-ring (bicyclic) bond motifs is 1. The molecule has 3 rings (SSSR count). The third-order valence-electron chi connectivity index (χ3n) is 3.28. The van der Waals surface area contributed by atoms with Crippen LogP contribution in [-0.2, 0) is 17.9 Å². The Labute approximate surface area is 126 Å². The average molecular weight is 304 g/mol. The molecule has 2 heterocycles. The maximum atomic E-state index is 12.1. The highest BCUT2D eigenvalue weighted by Gasteiger charge is 2.24. The van der Waals surface area contributed by atoms with Crippen LogP contribution in [0.15, 0.2) is 24.3 Å². The number of methoxy groups -OCH3 is 1. The lowest BCUT2D eigenvalue weighted by Crippen LogP contribution is -2.29. The van der Waals surface area contributed by atoms with Gasteiger partial charge in [-0.2, -0.15) is 0 Å². The standard InChI is InChI=1S/C14H16N4O2S/c1-20-11-5-3-2-4-9(11)16-13(19)8-18-6-10-12(7-18)21-14(15)17-10/h2-5H,6-8H2,1H3,(H2,15,17)(H,16,19). The Morgan fingerprint density at radius 2 is 2.29 bits per heavy atom. The van der Waals surface area contributed by atoms with Gasteiger partial charge in [0.2, 0.25) is 5.91 Å². The van der Waals surface area contributed by atoms with E-state index in [1.54, 1.807) is 7.11 Å². The zero-order valence-corrected chi connectivity index (χ0v) is 12.4. The fourth-order valence-electron chi connectivity index (χ4n) is 2.37. The highest BCUT2D eigenvalue weighted by atomic mass is 32.1. The number of carbonyl (C=O) groups is 1. The van der Waals surface area contributed by atoms with Crippen LogP contribution in [0.2, 0.25) is 0 Å². The minimum Gasteiger partial charge on any atom is -0.495 e. The number of nitrogens with one attached hydrogen (secondary N) is 1. The van der Waals surface area contributed by atoms with E-state index in [1.165, 1.54) is 11.3 Å². The van der Waals surface area contributed by atoms with Crippen molar-refractivity contribution in [2.75, 3.05) is 24.7 Å². The molecule has 1 amide bonds. The molecule has 110 valence electrons. The number of para-hydroxylation sites is 2. The summed E-state index contributed by atoms with van der Waals surface area (Å²) in [6.07, 6.45) is 0. The first kappa shape index (κ1) is 13.8. The second-order valence-corrected chi connectivity index (χ2v) is 5.93.